The molecule has 0 spiro atoms. The molecular formula is C14H19N3O. The highest BCUT2D eigenvalue weighted by Crippen LogP contribution is 2.16. The van der Waals surface area contributed by atoms with Crippen LogP contribution in [0.25, 0.3) is 5.69 Å². The molecule has 0 saturated heterocycles. The number of hydrogen-bond donors (Lipinski definition) is 1. The SMILES string of the molecule is COCC(C)Nc1nc(C)cn1-c1ccccc1. The van der Waals surface area contributed by atoms with Gasteiger partial charge in [0.2, 0.25) is 5.95 Å². The fraction of sp³-hybridized carbons (Fsp3) is 0.357. The van der Waals surface area contributed by atoms with Crippen molar-refractivity contribution in [2.24, 2.45) is 0 Å². The van der Waals surface area contributed by atoms with E-state index in [0.29, 0.717) is 6.61 Å². The Morgan fingerprint density at radius 3 is 2.72 bits per heavy atom. The zero-order valence-electron chi connectivity index (χ0n) is 11.1. The quantitative estimate of drug-likeness (QED) is 0.880. The standard InChI is InChI=1S/C14H19N3O/c1-11-9-17(13-7-5-4-6-8-13)14(15-11)16-12(2)10-18-3/h4-9,12H,10H2,1-3H3,(H,15,16). The minimum Gasteiger partial charge on any atom is -0.383 e. The molecule has 4 nitrogen and oxygen atoms in total. The normalized spacial score (nSPS) is 12.4. The van der Waals surface area contributed by atoms with Crippen LogP contribution in [-0.2, 0) is 4.74 Å². The highest BCUT2D eigenvalue weighted by atomic mass is 16.5. The molecule has 0 aliphatic carbocycles. The molecular weight excluding hydrogens is 226 g/mol. The zero-order valence-corrected chi connectivity index (χ0v) is 11.1. The molecule has 0 aliphatic rings. The average Bonchev–Trinajstić information content (AvgIpc) is 2.71. The summed E-state index contributed by atoms with van der Waals surface area (Å²) in [4.78, 5) is 4.51. The number of aromatic nitrogens is 2. The van der Waals surface area contributed by atoms with Gasteiger partial charge in [-0.3, -0.25) is 4.57 Å². The average molecular weight is 245 g/mol. The lowest BCUT2D eigenvalue weighted by Gasteiger charge is -2.15. The van der Waals surface area contributed by atoms with Crippen molar-refractivity contribution < 1.29 is 4.74 Å². The molecule has 1 aromatic heterocycles. The molecule has 1 heterocycles. The fourth-order valence-corrected chi connectivity index (χ4v) is 1.90. The second-order valence-corrected chi connectivity index (χ2v) is 4.41. The van der Waals surface area contributed by atoms with Gasteiger partial charge in [-0.25, -0.2) is 4.98 Å². The van der Waals surface area contributed by atoms with E-state index >= 15 is 0 Å². The van der Waals surface area contributed by atoms with Crippen molar-refractivity contribution in [3.8, 4) is 5.69 Å². The smallest absolute Gasteiger partial charge is 0.208 e. The molecule has 1 N–H and O–H groups in total. The molecule has 4 heteroatoms. The van der Waals surface area contributed by atoms with Gasteiger partial charge in [0.05, 0.1) is 12.3 Å². The van der Waals surface area contributed by atoms with Crippen LogP contribution < -0.4 is 5.32 Å². The summed E-state index contributed by atoms with van der Waals surface area (Å²) in [7, 11) is 1.70. The number of imidazole rings is 1. The topological polar surface area (TPSA) is 39.1 Å². The van der Waals surface area contributed by atoms with Gasteiger partial charge in [-0.05, 0) is 26.0 Å². The van der Waals surface area contributed by atoms with Gasteiger partial charge in [-0.1, -0.05) is 18.2 Å². The summed E-state index contributed by atoms with van der Waals surface area (Å²) >= 11 is 0. The summed E-state index contributed by atoms with van der Waals surface area (Å²) in [6.07, 6.45) is 2.02. The molecule has 2 aromatic rings. The van der Waals surface area contributed by atoms with E-state index in [1.54, 1.807) is 7.11 Å². The summed E-state index contributed by atoms with van der Waals surface area (Å²) in [6, 6.07) is 10.4. The van der Waals surface area contributed by atoms with Crippen LogP contribution in [0.5, 0.6) is 0 Å². The van der Waals surface area contributed by atoms with E-state index in [0.717, 1.165) is 17.3 Å². The van der Waals surface area contributed by atoms with Gasteiger partial charge >= 0.3 is 0 Å². The van der Waals surface area contributed by atoms with Crippen LogP contribution in [0.1, 0.15) is 12.6 Å². The third-order valence-electron chi connectivity index (χ3n) is 2.65. The van der Waals surface area contributed by atoms with E-state index < -0.39 is 0 Å². The minimum absolute atomic E-state index is 0.222. The first-order valence-electron chi connectivity index (χ1n) is 6.07. The largest absolute Gasteiger partial charge is 0.383 e. The maximum atomic E-state index is 5.13. The third-order valence-corrected chi connectivity index (χ3v) is 2.65. The van der Waals surface area contributed by atoms with E-state index in [9.17, 15) is 0 Å². The Morgan fingerprint density at radius 1 is 1.33 bits per heavy atom. The number of ether oxygens (including phenoxy) is 1. The van der Waals surface area contributed by atoms with Gasteiger partial charge in [0.1, 0.15) is 0 Å². The van der Waals surface area contributed by atoms with Crippen LogP contribution in [0, 0.1) is 6.92 Å². The summed E-state index contributed by atoms with van der Waals surface area (Å²) in [5.74, 6) is 0.850. The predicted molar refractivity (Wildman–Crippen MR) is 73.3 cm³/mol. The van der Waals surface area contributed by atoms with Crippen molar-refractivity contribution in [3.05, 3.63) is 42.2 Å². The van der Waals surface area contributed by atoms with Crippen molar-refractivity contribution in [2.45, 2.75) is 19.9 Å². The molecule has 0 bridgehead atoms. The first-order chi connectivity index (χ1) is 8.70. The Morgan fingerprint density at radius 2 is 2.06 bits per heavy atom. The number of aryl methyl sites for hydroxylation is 1. The summed E-state index contributed by atoms with van der Waals surface area (Å²) < 4.78 is 7.19. The molecule has 0 aliphatic heterocycles. The van der Waals surface area contributed by atoms with E-state index in [1.807, 2.05) is 31.3 Å². The first kappa shape index (κ1) is 12.6. The number of anilines is 1. The van der Waals surface area contributed by atoms with Gasteiger partial charge < -0.3 is 10.1 Å². The van der Waals surface area contributed by atoms with E-state index in [2.05, 4.69) is 33.9 Å². The first-order valence-corrected chi connectivity index (χ1v) is 6.07. The van der Waals surface area contributed by atoms with Crippen molar-refractivity contribution in [1.82, 2.24) is 9.55 Å². The second kappa shape index (κ2) is 5.69. The van der Waals surface area contributed by atoms with E-state index in [4.69, 9.17) is 4.74 Å². The summed E-state index contributed by atoms with van der Waals surface area (Å²) in [5, 5.41) is 3.36. The van der Waals surface area contributed by atoms with Crippen LogP contribution in [-0.4, -0.2) is 29.3 Å². The van der Waals surface area contributed by atoms with Crippen molar-refractivity contribution in [3.63, 3.8) is 0 Å². The lowest BCUT2D eigenvalue weighted by atomic mass is 10.3. The number of nitrogens with one attached hydrogen (secondary N) is 1. The van der Waals surface area contributed by atoms with Crippen LogP contribution in [0.3, 0.4) is 0 Å². The number of hydrogen-bond acceptors (Lipinski definition) is 3. The van der Waals surface area contributed by atoms with Crippen LogP contribution >= 0.6 is 0 Å². The Kier molecular flexibility index (Phi) is 3.99. The Labute approximate surface area is 108 Å². The van der Waals surface area contributed by atoms with E-state index in [1.165, 1.54) is 0 Å². The third kappa shape index (κ3) is 2.90. The van der Waals surface area contributed by atoms with Crippen LogP contribution in [0.2, 0.25) is 0 Å². The molecule has 18 heavy (non-hydrogen) atoms. The Hall–Kier alpha value is -1.81. The Bertz CT molecular complexity index is 493. The highest BCUT2D eigenvalue weighted by molar-refractivity contribution is 5.43. The maximum absolute atomic E-state index is 5.13. The lowest BCUT2D eigenvalue weighted by Crippen LogP contribution is -2.22. The number of para-hydroxylation sites is 1. The molecule has 0 saturated carbocycles. The van der Waals surface area contributed by atoms with Gasteiger partial charge in [0.15, 0.2) is 0 Å². The van der Waals surface area contributed by atoms with Gasteiger partial charge in [0.25, 0.3) is 0 Å². The van der Waals surface area contributed by atoms with Gasteiger partial charge in [-0.2, -0.15) is 0 Å². The number of benzene rings is 1. The molecule has 96 valence electrons. The van der Waals surface area contributed by atoms with Crippen molar-refractivity contribution >= 4 is 5.95 Å². The van der Waals surface area contributed by atoms with E-state index in [-0.39, 0.29) is 6.04 Å². The summed E-state index contributed by atoms with van der Waals surface area (Å²) in [6.45, 7) is 4.72. The molecule has 1 unspecified atom stereocenters. The van der Waals surface area contributed by atoms with Crippen LogP contribution in [0.15, 0.2) is 36.5 Å². The number of rotatable bonds is 5. The van der Waals surface area contributed by atoms with Gasteiger partial charge in [0, 0.05) is 25.0 Å². The number of methoxy groups -OCH3 is 1. The number of nitrogens with zero attached hydrogens (tertiary/aromatic N) is 2. The molecule has 1 atom stereocenters. The second-order valence-electron chi connectivity index (χ2n) is 4.41. The summed E-state index contributed by atoms with van der Waals surface area (Å²) in [5.41, 5.74) is 2.09. The zero-order chi connectivity index (χ0) is 13.0. The monoisotopic (exact) mass is 245 g/mol. The molecule has 0 radical (unpaired) electrons. The maximum Gasteiger partial charge on any atom is 0.208 e. The van der Waals surface area contributed by atoms with Crippen molar-refractivity contribution in [1.29, 1.82) is 0 Å². The lowest BCUT2D eigenvalue weighted by molar-refractivity contribution is 0.190. The minimum atomic E-state index is 0.222. The highest BCUT2D eigenvalue weighted by Gasteiger charge is 2.09. The molecule has 1 aromatic carbocycles. The molecule has 2 rings (SSSR count). The fourth-order valence-electron chi connectivity index (χ4n) is 1.90. The van der Waals surface area contributed by atoms with Crippen molar-refractivity contribution in [2.75, 3.05) is 19.0 Å². The van der Waals surface area contributed by atoms with Crippen LogP contribution in [0.4, 0.5) is 5.95 Å². The van der Waals surface area contributed by atoms with Gasteiger partial charge in [-0.15, -0.1) is 0 Å². The molecule has 0 fully saturated rings. The predicted octanol–water partition coefficient (Wildman–Crippen LogP) is 2.63. The molecule has 0 amide bonds. The Balaban J connectivity index is 2.26.